The van der Waals surface area contributed by atoms with Crippen LogP contribution >= 0.6 is 0 Å². The number of hydrogen-bond acceptors (Lipinski definition) is 5. The number of hydrogen-bond donors (Lipinski definition) is 2. The summed E-state index contributed by atoms with van der Waals surface area (Å²) in [4.78, 5) is 0. The summed E-state index contributed by atoms with van der Waals surface area (Å²) in [6, 6.07) is 9.82. The van der Waals surface area contributed by atoms with Crippen molar-refractivity contribution in [1.29, 1.82) is 5.26 Å². The highest BCUT2D eigenvalue weighted by Crippen LogP contribution is 2.28. The Balaban J connectivity index is 1.98. The SMILES string of the molecule is COc1cc(CNCc2cc(C#N)n(C)c2C)ccc1OCCO. The van der Waals surface area contributed by atoms with Gasteiger partial charge < -0.3 is 24.5 Å². The fourth-order valence-electron chi connectivity index (χ4n) is 2.49. The van der Waals surface area contributed by atoms with Crippen molar-refractivity contribution in [3.05, 3.63) is 46.8 Å². The van der Waals surface area contributed by atoms with Crippen molar-refractivity contribution in [2.75, 3.05) is 20.3 Å². The van der Waals surface area contributed by atoms with Crippen molar-refractivity contribution in [3.63, 3.8) is 0 Å². The first-order chi connectivity index (χ1) is 11.6. The molecule has 0 fully saturated rings. The molecule has 0 bridgehead atoms. The van der Waals surface area contributed by atoms with Crippen LogP contribution in [0.25, 0.3) is 0 Å². The van der Waals surface area contributed by atoms with E-state index in [2.05, 4.69) is 11.4 Å². The van der Waals surface area contributed by atoms with Crippen LogP contribution in [0.1, 0.15) is 22.5 Å². The minimum Gasteiger partial charge on any atom is -0.493 e. The highest BCUT2D eigenvalue weighted by atomic mass is 16.5. The number of nitrogens with zero attached hydrogens (tertiary/aromatic N) is 2. The number of aromatic nitrogens is 1. The first-order valence-electron chi connectivity index (χ1n) is 7.77. The second-order valence-electron chi connectivity index (χ2n) is 5.47. The number of rotatable bonds is 8. The van der Waals surface area contributed by atoms with E-state index in [9.17, 15) is 0 Å². The van der Waals surface area contributed by atoms with E-state index in [1.54, 1.807) is 7.11 Å². The fraction of sp³-hybridized carbons (Fsp3) is 0.389. The smallest absolute Gasteiger partial charge is 0.161 e. The van der Waals surface area contributed by atoms with Crippen molar-refractivity contribution >= 4 is 0 Å². The van der Waals surface area contributed by atoms with E-state index in [1.165, 1.54) is 0 Å². The van der Waals surface area contributed by atoms with Crippen LogP contribution in [-0.2, 0) is 20.1 Å². The third kappa shape index (κ3) is 4.07. The number of nitriles is 1. The van der Waals surface area contributed by atoms with Crippen LogP contribution in [0.2, 0.25) is 0 Å². The molecule has 1 aromatic heterocycles. The van der Waals surface area contributed by atoms with Gasteiger partial charge in [-0.15, -0.1) is 0 Å². The molecule has 0 aliphatic rings. The molecule has 128 valence electrons. The zero-order valence-corrected chi connectivity index (χ0v) is 14.3. The van der Waals surface area contributed by atoms with Gasteiger partial charge in [0.15, 0.2) is 11.5 Å². The Hall–Kier alpha value is -2.49. The van der Waals surface area contributed by atoms with E-state index in [1.807, 2.05) is 42.8 Å². The number of aliphatic hydroxyl groups excluding tert-OH is 1. The molecule has 0 amide bonds. The Bertz CT molecular complexity index is 732. The molecular formula is C18H23N3O3. The third-order valence-electron chi connectivity index (χ3n) is 3.98. The number of benzene rings is 1. The molecule has 0 aliphatic carbocycles. The molecule has 1 heterocycles. The zero-order valence-electron chi connectivity index (χ0n) is 14.3. The minimum atomic E-state index is -0.0342. The lowest BCUT2D eigenvalue weighted by molar-refractivity contribution is 0.196. The summed E-state index contributed by atoms with van der Waals surface area (Å²) in [6.07, 6.45) is 0. The maximum atomic E-state index is 9.07. The van der Waals surface area contributed by atoms with Gasteiger partial charge in [-0.2, -0.15) is 5.26 Å². The predicted octanol–water partition coefficient (Wildman–Crippen LogP) is 1.87. The van der Waals surface area contributed by atoms with Crippen molar-refractivity contribution in [2.45, 2.75) is 20.0 Å². The average Bonchev–Trinajstić information content (AvgIpc) is 2.88. The lowest BCUT2D eigenvalue weighted by Crippen LogP contribution is -2.13. The predicted molar refractivity (Wildman–Crippen MR) is 91.0 cm³/mol. The van der Waals surface area contributed by atoms with E-state index >= 15 is 0 Å². The van der Waals surface area contributed by atoms with Gasteiger partial charge in [0.2, 0.25) is 0 Å². The first-order valence-corrected chi connectivity index (χ1v) is 7.77. The Morgan fingerprint density at radius 2 is 2.04 bits per heavy atom. The van der Waals surface area contributed by atoms with E-state index in [-0.39, 0.29) is 13.2 Å². The lowest BCUT2D eigenvalue weighted by Gasteiger charge is -2.12. The summed E-state index contributed by atoms with van der Waals surface area (Å²) in [5.41, 5.74) is 3.93. The summed E-state index contributed by atoms with van der Waals surface area (Å²) in [5.74, 6) is 1.26. The highest BCUT2D eigenvalue weighted by Gasteiger charge is 2.09. The average molecular weight is 329 g/mol. The lowest BCUT2D eigenvalue weighted by atomic mass is 10.2. The van der Waals surface area contributed by atoms with Crippen LogP contribution in [-0.4, -0.2) is 30.0 Å². The van der Waals surface area contributed by atoms with Crippen LogP contribution in [0.5, 0.6) is 11.5 Å². The van der Waals surface area contributed by atoms with E-state index in [4.69, 9.17) is 19.8 Å². The second kappa shape index (κ2) is 8.39. The van der Waals surface area contributed by atoms with Crippen LogP contribution in [0.4, 0.5) is 0 Å². The van der Waals surface area contributed by atoms with Gasteiger partial charge in [-0.25, -0.2) is 0 Å². The molecule has 2 aromatic rings. The second-order valence-corrected chi connectivity index (χ2v) is 5.47. The van der Waals surface area contributed by atoms with Crippen LogP contribution < -0.4 is 14.8 Å². The standard InChI is InChI=1S/C18H23N3O3/c1-13-15(9-16(10-19)21(13)2)12-20-11-14-4-5-17(24-7-6-22)18(8-14)23-3/h4-5,8-9,20,22H,6-7,11-12H2,1-3H3. The van der Waals surface area contributed by atoms with Gasteiger partial charge in [0, 0.05) is 25.8 Å². The quantitative estimate of drug-likeness (QED) is 0.773. The fourth-order valence-corrected chi connectivity index (χ4v) is 2.49. The highest BCUT2D eigenvalue weighted by molar-refractivity contribution is 5.43. The van der Waals surface area contributed by atoms with Crippen molar-refractivity contribution in [3.8, 4) is 17.6 Å². The summed E-state index contributed by atoms with van der Waals surface area (Å²) in [5, 5.41) is 21.3. The Kier molecular flexibility index (Phi) is 6.24. The molecule has 1 aromatic carbocycles. The molecule has 0 radical (unpaired) electrons. The van der Waals surface area contributed by atoms with E-state index in [0.29, 0.717) is 30.3 Å². The normalized spacial score (nSPS) is 10.5. The summed E-state index contributed by atoms with van der Waals surface area (Å²) < 4.78 is 12.6. The third-order valence-corrected chi connectivity index (χ3v) is 3.98. The van der Waals surface area contributed by atoms with Crippen molar-refractivity contribution < 1.29 is 14.6 Å². The van der Waals surface area contributed by atoms with Gasteiger partial charge in [-0.1, -0.05) is 6.07 Å². The van der Waals surface area contributed by atoms with Crippen LogP contribution in [0.3, 0.4) is 0 Å². The molecule has 6 nitrogen and oxygen atoms in total. The van der Waals surface area contributed by atoms with Crippen molar-refractivity contribution in [1.82, 2.24) is 9.88 Å². The van der Waals surface area contributed by atoms with Gasteiger partial charge in [0.1, 0.15) is 18.4 Å². The zero-order chi connectivity index (χ0) is 17.5. The molecule has 0 saturated heterocycles. The molecule has 0 unspecified atom stereocenters. The number of methoxy groups -OCH3 is 1. The molecule has 2 N–H and O–H groups in total. The van der Waals surface area contributed by atoms with E-state index in [0.717, 1.165) is 16.8 Å². The molecule has 0 spiro atoms. The van der Waals surface area contributed by atoms with Crippen molar-refractivity contribution in [2.24, 2.45) is 7.05 Å². The maximum Gasteiger partial charge on any atom is 0.161 e. The van der Waals surface area contributed by atoms with E-state index < -0.39 is 0 Å². The number of aliphatic hydroxyl groups is 1. The number of nitrogens with one attached hydrogen (secondary N) is 1. The molecule has 2 rings (SSSR count). The van der Waals surface area contributed by atoms with Gasteiger partial charge >= 0.3 is 0 Å². The molecule has 0 atom stereocenters. The van der Waals surface area contributed by atoms with Gasteiger partial charge in [0.25, 0.3) is 0 Å². The van der Waals surface area contributed by atoms with Gasteiger partial charge in [0.05, 0.1) is 13.7 Å². The molecule has 0 saturated carbocycles. The number of ether oxygens (including phenoxy) is 2. The largest absolute Gasteiger partial charge is 0.493 e. The summed E-state index contributed by atoms with van der Waals surface area (Å²) in [7, 11) is 3.49. The van der Waals surface area contributed by atoms with Crippen LogP contribution in [0, 0.1) is 18.3 Å². The Morgan fingerprint density at radius 3 is 2.67 bits per heavy atom. The first kappa shape index (κ1) is 17.9. The van der Waals surface area contributed by atoms with Crippen LogP contribution in [0.15, 0.2) is 24.3 Å². The molecular weight excluding hydrogens is 306 g/mol. The maximum absolute atomic E-state index is 9.07. The summed E-state index contributed by atoms with van der Waals surface area (Å²) >= 11 is 0. The molecule has 0 aliphatic heterocycles. The Labute approximate surface area is 142 Å². The van der Waals surface area contributed by atoms with Gasteiger partial charge in [-0.3, -0.25) is 0 Å². The Morgan fingerprint density at radius 1 is 1.25 bits per heavy atom. The molecule has 6 heteroatoms. The van der Waals surface area contributed by atoms with Gasteiger partial charge in [-0.05, 0) is 36.2 Å². The monoisotopic (exact) mass is 329 g/mol. The minimum absolute atomic E-state index is 0.0342. The topological polar surface area (TPSA) is 79.4 Å². The summed E-state index contributed by atoms with van der Waals surface area (Å²) in [6.45, 7) is 3.57. The molecule has 24 heavy (non-hydrogen) atoms.